The number of sulfonamides is 1. The van der Waals surface area contributed by atoms with E-state index in [4.69, 9.17) is 0 Å². The van der Waals surface area contributed by atoms with Crippen LogP contribution >= 0.6 is 0 Å². The van der Waals surface area contributed by atoms with Gasteiger partial charge in [0.1, 0.15) is 6.04 Å². The number of aromatic nitrogens is 2. The van der Waals surface area contributed by atoms with Gasteiger partial charge in [-0.05, 0) is 32.6 Å². The molecule has 1 atom stereocenters. The van der Waals surface area contributed by atoms with Crippen molar-refractivity contribution in [1.82, 2.24) is 14.5 Å². The average Bonchev–Trinajstić information content (AvgIpc) is 2.84. The van der Waals surface area contributed by atoms with Crippen molar-refractivity contribution in [1.29, 1.82) is 0 Å². The van der Waals surface area contributed by atoms with E-state index in [9.17, 15) is 13.2 Å². The fourth-order valence-electron chi connectivity index (χ4n) is 3.03. The number of amides is 1. The summed E-state index contributed by atoms with van der Waals surface area (Å²) in [6.45, 7) is 2.33. The molecule has 7 nitrogen and oxygen atoms in total. The molecule has 1 aromatic heterocycles. The summed E-state index contributed by atoms with van der Waals surface area (Å²) >= 11 is 0. The zero-order valence-corrected chi connectivity index (χ0v) is 13.8. The van der Waals surface area contributed by atoms with E-state index >= 15 is 0 Å². The normalized spacial score (nSPS) is 25.1. The maximum atomic E-state index is 12.6. The van der Waals surface area contributed by atoms with Gasteiger partial charge in [-0.25, -0.2) is 13.1 Å². The first kappa shape index (κ1) is 15.5. The summed E-state index contributed by atoms with van der Waals surface area (Å²) in [6.07, 6.45) is 5.31. The number of carbonyl (C=O) groups is 1. The van der Waals surface area contributed by atoms with Crippen LogP contribution in [0.5, 0.6) is 0 Å². The Kier molecular flexibility index (Phi) is 3.76. The molecule has 122 valence electrons. The number of anilines is 1. The molecule has 0 aromatic carbocycles. The summed E-state index contributed by atoms with van der Waals surface area (Å²) < 4.78 is 28.5. The Hall–Kier alpha value is -1.41. The van der Waals surface area contributed by atoms with Crippen LogP contribution in [0.25, 0.3) is 0 Å². The van der Waals surface area contributed by atoms with Gasteiger partial charge < -0.3 is 0 Å². The van der Waals surface area contributed by atoms with E-state index in [0.717, 1.165) is 12.8 Å². The number of piperidine rings is 1. The predicted molar refractivity (Wildman–Crippen MR) is 82.9 cm³/mol. The molecule has 22 heavy (non-hydrogen) atoms. The Balaban J connectivity index is 1.76. The Morgan fingerprint density at radius 3 is 2.64 bits per heavy atom. The maximum Gasteiger partial charge on any atom is 0.246 e. The molecule has 8 heteroatoms. The average molecular weight is 326 g/mol. The van der Waals surface area contributed by atoms with Gasteiger partial charge in [0, 0.05) is 25.9 Å². The summed E-state index contributed by atoms with van der Waals surface area (Å²) in [5.41, 5.74) is 0. The van der Waals surface area contributed by atoms with Crippen LogP contribution in [-0.2, 0) is 21.9 Å². The molecule has 2 aliphatic rings. The number of nitrogens with one attached hydrogen (secondary N) is 1. The summed E-state index contributed by atoms with van der Waals surface area (Å²) in [7, 11) is -1.69. The first-order chi connectivity index (χ1) is 10.3. The number of hydrogen-bond acceptors (Lipinski definition) is 4. The fourth-order valence-corrected chi connectivity index (χ4v) is 4.74. The van der Waals surface area contributed by atoms with E-state index in [1.807, 2.05) is 0 Å². The number of carbonyl (C=O) groups excluding carboxylic acids is 1. The molecule has 2 heterocycles. The monoisotopic (exact) mass is 326 g/mol. The highest BCUT2D eigenvalue weighted by atomic mass is 32.2. The highest BCUT2D eigenvalue weighted by molar-refractivity contribution is 7.91. The molecule has 2 fully saturated rings. The van der Waals surface area contributed by atoms with E-state index in [0.29, 0.717) is 31.6 Å². The number of aryl methyl sites for hydroxylation is 1. The van der Waals surface area contributed by atoms with Crippen molar-refractivity contribution in [2.75, 3.05) is 11.4 Å². The van der Waals surface area contributed by atoms with Crippen LogP contribution in [0.1, 0.15) is 39.0 Å². The van der Waals surface area contributed by atoms with Gasteiger partial charge in [0.15, 0.2) is 5.82 Å². The molecular formula is C14H22N4O3S. The Bertz CT molecular complexity index is 678. The van der Waals surface area contributed by atoms with Crippen LogP contribution in [0.4, 0.5) is 5.82 Å². The minimum Gasteiger partial charge on any atom is -0.294 e. The maximum absolute atomic E-state index is 12.6. The zero-order valence-electron chi connectivity index (χ0n) is 12.9. The zero-order chi connectivity index (χ0) is 16.0. The molecule has 3 rings (SSSR count). The minimum absolute atomic E-state index is 0.212. The molecule has 1 aliphatic heterocycles. The molecule has 1 aromatic rings. The van der Waals surface area contributed by atoms with Crippen molar-refractivity contribution in [3.05, 3.63) is 12.3 Å². The third kappa shape index (κ3) is 2.54. The minimum atomic E-state index is -3.48. The van der Waals surface area contributed by atoms with Crippen LogP contribution in [0.2, 0.25) is 0 Å². The number of hydrogen-bond donors (Lipinski definition) is 1. The van der Waals surface area contributed by atoms with Crippen LogP contribution in [-0.4, -0.2) is 41.4 Å². The van der Waals surface area contributed by atoms with E-state index in [-0.39, 0.29) is 5.91 Å². The third-order valence-electron chi connectivity index (χ3n) is 4.77. The summed E-state index contributed by atoms with van der Waals surface area (Å²) in [6, 6.07) is 1.08. The van der Waals surface area contributed by atoms with E-state index < -0.39 is 20.8 Å². The van der Waals surface area contributed by atoms with Crippen molar-refractivity contribution < 1.29 is 13.2 Å². The van der Waals surface area contributed by atoms with Gasteiger partial charge in [0.25, 0.3) is 0 Å². The van der Waals surface area contributed by atoms with Crippen molar-refractivity contribution in [2.24, 2.45) is 7.05 Å². The largest absolute Gasteiger partial charge is 0.294 e. The van der Waals surface area contributed by atoms with E-state index in [1.54, 1.807) is 35.8 Å². The molecule has 1 N–H and O–H groups in total. The summed E-state index contributed by atoms with van der Waals surface area (Å²) in [5.74, 6) is 0.364. The van der Waals surface area contributed by atoms with Gasteiger partial charge in [0.2, 0.25) is 15.9 Å². The fraction of sp³-hybridized carbons (Fsp3) is 0.714. The molecule has 1 saturated heterocycles. The van der Waals surface area contributed by atoms with Crippen LogP contribution in [0.15, 0.2) is 12.3 Å². The number of nitrogens with zero attached hydrogens (tertiary/aromatic N) is 3. The highest BCUT2D eigenvalue weighted by Gasteiger charge is 2.46. The first-order valence-corrected chi connectivity index (χ1v) is 9.14. The molecule has 1 aliphatic carbocycles. The van der Waals surface area contributed by atoms with Gasteiger partial charge in [-0.2, -0.15) is 5.10 Å². The molecule has 1 saturated carbocycles. The van der Waals surface area contributed by atoms with E-state index in [2.05, 4.69) is 9.82 Å². The molecule has 1 amide bonds. The topological polar surface area (TPSA) is 84.3 Å². The van der Waals surface area contributed by atoms with Gasteiger partial charge in [-0.15, -0.1) is 0 Å². The quantitative estimate of drug-likeness (QED) is 0.886. The van der Waals surface area contributed by atoms with Crippen molar-refractivity contribution in [2.45, 2.75) is 49.8 Å². The van der Waals surface area contributed by atoms with Gasteiger partial charge in [-0.3, -0.25) is 14.4 Å². The summed E-state index contributed by atoms with van der Waals surface area (Å²) in [4.78, 5) is 14.2. The molecule has 0 bridgehead atoms. The molecule has 1 unspecified atom stereocenters. The second kappa shape index (κ2) is 5.34. The van der Waals surface area contributed by atoms with Gasteiger partial charge >= 0.3 is 0 Å². The summed E-state index contributed by atoms with van der Waals surface area (Å²) in [5, 5.41) is 4.24. The van der Waals surface area contributed by atoms with Gasteiger partial charge in [-0.1, -0.05) is 6.42 Å². The third-order valence-corrected chi connectivity index (χ3v) is 7.07. The lowest BCUT2D eigenvalue weighted by molar-refractivity contribution is -0.121. The molecule has 0 radical (unpaired) electrons. The Labute approximate surface area is 130 Å². The standard InChI is InChI=1S/C14H22N4O3S/c1-14(7-4-8-14)22(20,21)16-11-5-3-9-18(13(11)19)12-6-10-17(2)15-12/h6,10-11,16H,3-5,7-9H2,1-2H3. The van der Waals surface area contributed by atoms with Gasteiger partial charge in [0.05, 0.1) is 4.75 Å². The number of rotatable bonds is 4. The first-order valence-electron chi connectivity index (χ1n) is 7.65. The second-order valence-corrected chi connectivity index (χ2v) is 8.69. The van der Waals surface area contributed by atoms with E-state index in [1.165, 1.54) is 0 Å². The van der Waals surface area contributed by atoms with Crippen molar-refractivity contribution >= 4 is 21.7 Å². The smallest absolute Gasteiger partial charge is 0.246 e. The Morgan fingerprint density at radius 2 is 2.09 bits per heavy atom. The van der Waals surface area contributed by atoms with Crippen molar-refractivity contribution in [3.8, 4) is 0 Å². The predicted octanol–water partition coefficient (Wildman–Crippen LogP) is 0.778. The highest BCUT2D eigenvalue weighted by Crippen LogP contribution is 2.38. The van der Waals surface area contributed by atoms with Crippen LogP contribution < -0.4 is 9.62 Å². The lowest BCUT2D eigenvalue weighted by atomic mass is 9.86. The Morgan fingerprint density at radius 1 is 1.36 bits per heavy atom. The van der Waals surface area contributed by atoms with Crippen molar-refractivity contribution in [3.63, 3.8) is 0 Å². The van der Waals surface area contributed by atoms with Crippen LogP contribution in [0, 0.1) is 0 Å². The van der Waals surface area contributed by atoms with Crippen LogP contribution in [0.3, 0.4) is 0 Å². The lowest BCUT2D eigenvalue weighted by Crippen LogP contribution is -2.57. The SMILES string of the molecule is Cn1ccc(N2CCCC(NS(=O)(=O)C3(C)CCC3)C2=O)n1. The molecular weight excluding hydrogens is 304 g/mol. The lowest BCUT2D eigenvalue weighted by Gasteiger charge is -2.39. The molecule has 0 spiro atoms. The second-order valence-electron chi connectivity index (χ2n) is 6.46.